The molecule has 0 radical (unpaired) electrons. The van der Waals surface area contributed by atoms with E-state index in [0.29, 0.717) is 19.0 Å². The second kappa shape index (κ2) is 8.33. The molecule has 0 aliphatic carbocycles. The molecule has 0 saturated carbocycles. The third-order valence-corrected chi connectivity index (χ3v) is 3.37. The number of urea groups is 1. The molecule has 2 amide bonds. The lowest BCUT2D eigenvalue weighted by atomic mass is 10.2. The van der Waals surface area contributed by atoms with Gasteiger partial charge in [0, 0.05) is 12.6 Å². The maximum Gasteiger partial charge on any atom is 0.350 e. The van der Waals surface area contributed by atoms with Crippen LogP contribution in [0, 0.1) is 0 Å². The zero-order chi connectivity index (χ0) is 16.7. The first kappa shape index (κ1) is 17.0. The van der Waals surface area contributed by atoms with Gasteiger partial charge in [-0.15, -0.1) is 0 Å². The van der Waals surface area contributed by atoms with Gasteiger partial charge in [-0.25, -0.2) is 9.78 Å². The molecule has 1 heterocycles. The Morgan fingerprint density at radius 1 is 1.30 bits per heavy atom. The summed E-state index contributed by atoms with van der Waals surface area (Å²) in [5.41, 5.74) is 1.08. The third-order valence-electron chi connectivity index (χ3n) is 3.37. The van der Waals surface area contributed by atoms with E-state index in [1.165, 1.54) is 11.4 Å². The molecule has 1 aromatic heterocycles. The van der Waals surface area contributed by atoms with Crippen LogP contribution in [0.1, 0.15) is 32.8 Å². The number of aromatic amines is 1. The molecule has 0 bridgehead atoms. The van der Waals surface area contributed by atoms with E-state index >= 15 is 0 Å². The Morgan fingerprint density at radius 3 is 2.61 bits per heavy atom. The lowest BCUT2D eigenvalue weighted by molar-refractivity contribution is 0.0924. The summed E-state index contributed by atoms with van der Waals surface area (Å²) in [7, 11) is 0. The summed E-state index contributed by atoms with van der Waals surface area (Å²) in [4.78, 5) is 27.3. The van der Waals surface area contributed by atoms with Crippen molar-refractivity contribution in [2.24, 2.45) is 0 Å². The van der Waals surface area contributed by atoms with Gasteiger partial charge in [0.2, 0.25) is 0 Å². The number of carbonyl (C=O) groups excluding carboxylic acids is 1. The summed E-state index contributed by atoms with van der Waals surface area (Å²) in [5.74, 6) is 0.530. The highest BCUT2D eigenvalue weighted by atomic mass is 16.7. The van der Waals surface area contributed by atoms with E-state index in [9.17, 15) is 4.79 Å². The molecule has 1 N–H and O–H groups in total. The van der Waals surface area contributed by atoms with Gasteiger partial charge in [-0.3, -0.25) is 4.84 Å². The molecule has 0 aliphatic heterocycles. The van der Waals surface area contributed by atoms with E-state index in [-0.39, 0.29) is 12.1 Å². The largest absolute Gasteiger partial charge is 0.350 e. The van der Waals surface area contributed by atoms with Crippen molar-refractivity contribution in [1.29, 1.82) is 0 Å². The van der Waals surface area contributed by atoms with Gasteiger partial charge >= 0.3 is 6.03 Å². The fraction of sp³-hybridized carbons (Fsp3) is 0.412. The van der Waals surface area contributed by atoms with Crippen molar-refractivity contribution in [3.63, 3.8) is 0 Å². The normalized spacial score (nSPS) is 10.8. The second-order valence-electron chi connectivity index (χ2n) is 5.55. The van der Waals surface area contributed by atoms with Crippen molar-refractivity contribution in [2.45, 2.75) is 39.8 Å². The van der Waals surface area contributed by atoms with Crippen LogP contribution in [-0.2, 0) is 11.4 Å². The molecular weight excluding hydrogens is 292 g/mol. The van der Waals surface area contributed by atoms with Crippen LogP contribution < -0.4 is 5.06 Å². The van der Waals surface area contributed by atoms with Crippen molar-refractivity contribution in [1.82, 2.24) is 14.9 Å². The number of benzene rings is 1. The molecule has 0 fully saturated rings. The van der Waals surface area contributed by atoms with Gasteiger partial charge in [0.05, 0.1) is 19.1 Å². The Labute approximate surface area is 137 Å². The number of imidazole rings is 1. The van der Waals surface area contributed by atoms with Gasteiger partial charge in [-0.05, 0) is 25.8 Å². The molecule has 0 saturated heterocycles. The average molecular weight is 316 g/mol. The molecule has 0 aliphatic rings. The van der Waals surface area contributed by atoms with Crippen LogP contribution >= 0.6 is 0 Å². The van der Waals surface area contributed by atoms with Crippen LogP contribution in [0.5, 0.6) is 0 Å². The average Bonchev–Trinajstić information content (AvgIpc) is 3.07. The van der Waals surface area contributed by atoms with Gasteiger partial charge < -0.3 is 9.88 Å². The smallest absolute Gasteiger partial charge is 0.329 e. The fourth-order valence-electron chi connectivity index (χ4n) is 2.14. The van der Waals surface area contributed by atoms with E-state index < -0.39 is 0 Å². The molecule has 124 valence electrons. The maximum atomic E-state index is 13.0. The fourth-order valence-corrected chi connectivity index (χ4v) is 2.14. The summed E-state index contributed by atoms with van der Waals surface area (Å²) < 4.78 is 0. The van der Waals surface area contributed by atoms with Crippen molar-refractivity contribution in [3.05, 3.63) is 48.4 Å². The van der Waals surface area contributed by atoms with Crippen molar-refractivity contribution >= 4 is 11.8 Å². The van der Waals surface area contributed by atoms with Crippen molar-refractivity contribution < 1.29 is 9.63 Å². The summed E-state index contributed by atoms with van der Waals surface area (Å²) in [6.07, 6.45) is 3.93. The van der Waals surface area contributed by atoms with Gasteiger partial charge in [-0.2, -0.15) is 5.06 Å². The van der Waals surface area contributed by atoms with E-state index in [1.807, 2.05) is 51.1 Å². The predicted octanol–water partition coefficient (Wildman–Crippen LogP) is 3.59. The molecule has 2 aromatic rings. The number of nitrogens with one attached hydrogen (secondary N) is 1. The summed E-state index contributed by atoms with van der Waals surface area (Å²) >= 11 is 0. The highest BCUT2D eigenvalue weighted by molar-refractivity contribution is 5.89. The van der Waals surface area contributed by atoms with Gasteiger partial charge in [0.25, 0.3) is 0 Å². The maximum absolute atomic E-state index is 13.0. The first-order valence-corrected chi connectivity index (χ1v) is 7.89. The van der Waals surface area contributed by atoms with Crippen LogP contribution in [0.15, 0.2) is 42.9 Å². The molecule has 1 aromatic carbocycles. The number of amides is 2. The monoisotopic (exact) mass is 316 g/mol. The Morgan fingerprint density at radius 2 is 2.04 bits per heavy atom. The van der Waals surface area contributed by atoms with Crippen LogP contribution in [0.25, 0.3) is 0 Å². The Bertz CT molecular complexity index is 584. The first-order valence-electron chi connectivity index (χ1n) is 7.89. The number of hydroxylamine groups is 1. The van der Waals surface area contributed by atoms with Crippen molar-refractivity contribution in [2.75, 3.05) is 11.7 Å². The van der Waals surface area contributed by atoms with Crippen molar-refractivity contribution in [3.8, 4) is 0 Å². The lowest BCUT2D eigenvalue weighted by Gasteiger charge is -2.31. The first-order chi connectivity index (χ1) is 11.1. The Hall–Kier alpha value is -2.34. The number of hydrogen-bond acceptors (Lipinski definition) is 3. The zero-order valence-electron chi connectivity index (χ0n) is 13.9. The van der Waals surface area contributed by atoms with E-state index in [4.69, 9.17) is 4.84 Å². The topological polar surface area (TPSA) is 61.5 Å². The molecule has 6 nitrogen and oxygen atoms in total. The molecule has 2 rings (SSSR count). The summed E-state index contributed by atoms with van der Waals surface area (Å²) in [6, 6.07) is 9.76. The molecule has 6 heteroatoms. The number of anilines is 1. The van der Waals surface area contributed by atoms with E-state index in [2.05, 4.69) is 9.97 Å². The molecule has 0 spiro atoms. The molecule has 0 atom stereocenters. The summed E-state index contributed by atoms with van der Waals surface area (Å²) in [5, 5.41) is 1.29. The second-order valence-corrected chi connectivity index (χ2v) is 5.55. The third kappa shape index (κ3) is 4.56. The van der Waals surface area contributed by atoms with Gasteiger partial charge in [-0.1, -0.05) is 37.3 Å². The zero-order valence-corrected chi connectivity index (χ0v) is 13.9. The Kier molecular flexibility index (Phi) is 6.17. The van der Waals surface area contributed by atoms with Crippen LogP contribution in [-0.4, -0.2) is 33.5 Å². The minimum absolute atomic E-state index is 0.0401. The lowest BCUT2D eigenvalue weighted by Crippen LogP contribution is -2.46. The van der Waals surface area contributed by atoms with E-state index in [1.54, 1.807) is 11.1 Å². The predicted molar refractivity (Wildman–Crippen MR) is 89.8 cm³/mol. The number of nitrogens with zero attached hydrogens (tertiary/aromatic N) is 3. The highest BCUT2D eigenvalue weighted by Gasteiger charge is 2.26. The highest BCUT2D eigenvalue weighted by Crippen LogP contribution is 2.17. The minimum atomic E-state index is -0.207. The standard InChI is InChI=1S/C17H24N4O2/c1-4-10-23-21(16-11-18-13-19-16)17(22)20(14(2)3)12-15-8-6-5-7-9-15/h5-9,11,13-14H,4,10,12H2,1-3H3,(H,18,19). The van der Waals surface area contributed by atoms with Crippen LogP contribution in [0.4, 0.5) is 10.6 Å². The number of carbonyl (C=O) groups is 1. The van der Waals surface area contributed by atoms with Gasteiger partial charge in [0.1, 0.15) is 0 Å². The quantitative estimate of drug-likeness (QED) is 0.794. The molecule has 23 heavy (non-hydrogen) atoms. The molecule has 0 unspecified atom stereocenters. The van der Waals surface area contributed by atoms with Crippen LogP contribution in [0.3, 0.4) is 0 Å². The molecular formula is C17H24N4O2. The minimum Gasteiger partial charge on any atom is -0.329 e. The van der Waals surface area contributed by atoms with Crippen LogP contribution in [0.2, 0.25) is 0 Å². The number of H-pyrrole nitrogens is 1. The summed E-state index contributed by atoms with van der Waals surface area (Å²) in [6.45, 7) is 6.97. The number of rotatable bonds is 7. The number of aromatic nitrogens is 2. The van der Waals surface area contributed by atoms with E-state index in [0.717, 1.165) is 12.0 Å². The van der Waals surface area contributed by atoms with Gasteiger partial charge in [0.15, 0.2) is 5.82 Å². The Balaban J connectivity index is 2.19. The number of hydrogen-bond donors (Lipinski definition) is 1. The SMILES string of the molecule is CCCON(C(=O)N(Cc1ccccc1)C(C)C)c1cnc[nH]1.